The fraction of sp³-hybridized carbons (Fsp3) is 0.462. The number of fused-ring (bicyclic) bond motifs is 5. The van der Waals surface area contributed by atoms with Crippen molar-refractivity contribution in [2.75, 3.05) is 21.3 Å². The lowest BCUT2D eigenvalue weighted by molar-refractivity contribution is -0.330. The summed E-state index contributed by atoms with van der Waals surface area (Å²) in [5, 5.41) is 34.7. The van der Waals surface area contributed by atoms with E-state index in [2.05, 4.69) is 32.9 Å². The fourth-order valence-electron chi connectivity index (χ4n) is 8.57. The Morgan fingerprint density at radius 1 is 1.09 bits per heavy atom. The SMILES string of the molecule is COc1ccc([C@@H]2SS[C@@]34C[C@]5(O)[C@H](OC(=O)/C=C/C=C/c6c(C)ccc7c6[C@H](C)C[C@H](C)C7)C=C[C@@H](O)[C@@H]5ON3C(=O)[C@@H]2N(C)C4=O)c(O)c1OC. The van der Waals surface area contributed by atoms with E-state index in [0.717, 1.165) is 50.6 Å². The van der Waals surface area contributed by atoms with E-state index < -0.39 is 64.3 Å². The topological polar surface area (TPSA) is 155 Å². The van der Waals surface area contributed by atoms with E-state index in [0.29, 0.717) is 17.4 Å². The number of benzene rings is 2. The highest BCUT2D eigenvalue weighted by atomic mass is 33.1. The largest absolute Gasteiger partial charge is 0.504 e. The number of likely N-dealkylation sites (N-methyl/N-ethyl adjacent to an activating group) is 1. The molecule has 8 rings (SSSR count). The molecule has 282 valence electrons. The van der Waals surface area contributed by atoms with Gasteiger partial charge >= 0.3 is 5.97 Å². The first-order valence-electron chi connectivity index (χ1n) is 17.6. The summed E-state index contributed by atoms with van der Waals surface area (Å²) < 4.78 is 16.5. The second-order valence-electron chi connectivity index (χ2n) is 14.6. The Balaban J connectivity index is 1.14. The molecule has 0 saturated carbocycles. The Bertz CT molecular complexity index is 1930. The maximum Gasteiger partial charge on any atom is 0.331 e. The maximum absolute atomic E-state index is 14.3. The fourth-order valence-corrected chi connectivity index (χ4v) is 12.2. The molecule has 0 aromatic heterocycles. The quantitative estimate of drug-likeness (QED) is 0.117. The highest BCUT2D eigenvalue weighted by Crippen LogP contribution is 2.63. The minimum Gasteiger partial charge on any atom is -0.504 e. The lowest BCUT2D eigenvalue weighted by atomic mass is 9.75. The number of carbonyl (C=O) groups is 3. The molecule has 12 nitrogen and oxygen atoms in total. The number of amides is 2. The van der Waals surface area contributed by atoms with Crippen molar-refractivity contribution in [1.29, 1.82) is 0 Å². The zero-order valence-electron chi connectivity index (χ0n) is 30.3. The normalized spacial score (nSPS) is 33.5. The van der Waals surface area contributed by atoms with Crippen LogP contribution in [0.1, 0.15) is 65.7 Å². The van der Waals surface area contributed by atoms with Gasteiger partial charge in [0, 0.05) is 25.1 Å². The van der Waals surface area contributed by atoms with E-state index in [1.807, 2.05) is 6.08 Å². The van der Waals surface area contributed by atoms with Crippen LogP contribution < -0.4 is 9.47 Å². The van der Waals surface area contributed by atoms with E-state index in [-0.39, 0.29) is 17.2 Å². The number of phenolic OH excluding ortho intramolecular Hbond substituents is 1. The Morgan fingerprint density at radius 2 is 1.87 bits per heavy atom. The van der Waals surface area contributed by atoms with Gasteiger partial charge in [-0.1, -0.05) is 77.9 Å². The van der Waals surface area contributed by atoms with Crippen LogP contribution in [0.4, 0.5) is 0 Å². The molecule has 2 aromatic carbocycles. The van der Waals surface area contributed by atoms with Crippen molar-refractivity contribution in [2.24, 2.45) is 5.92 Å². The third-order valence-corrected chi connectivity index (χ3v) is 14.4. The minimum absolute atomic E-state index is 0.0741. The first-order valence-corrected chi connectivity index (χ1v) is 19.8. The Kier molecular flexibility index (Phi) is 9.90. The van der Waals surface area contributed by atoms with E-state index in [4.69, 9.17) is 19.0 Å². The van der Waals surface area contributed by atoms with Crippen LogP contribution in [-0.2, 0) is 30.4 Å². The molecule has 9 atom stereocenters. The molecular formula is C39H44N2O10S2. The Hall–Kier alpha value is -3.95. The van der Waals surface area contributed by atoms with Crippen molar-refractivity contribution in [3.63, 3.8) is 0 Å². The van der Waals surface area contributed by atoms with Gasteiger partial charge in [0.15, 0.2) is 17.6 Å². The number of nitrogens with zero attached hydrogens (tertiary/aromatic N) is 2. The van der Waals surface area contributed by atoms with Crippen molar-refractivity contribution in [2.45, 2.75) is 86.0 Å². The Morgan fingerprint density at radius 3 is 2.60 bits per heavy atom. The number of esters is 1. The standard InChI is InChI=1S/C39H44N2O10S2/c1-20-17-22(3)30-23(18-20)12-11-21(2)24(30)9-7-8-10-29(43)50-28-16-14-26(42)35-38(28,47)19-39-37(46)40(4)31(36(45)41(39)51-35)34(52-53-39)25-13-15-27(48-5)33(49-6)32(25)44/h7-16,20,22,26,28,31,34-35,42,44,47H,17-19H2,1-6H3/b9-7+,10-8+/t20-,22+,26+,28+,31+,34-,35-,38-,39+/m0/s1. The van der Waals surface area contributed by atoms with Crippen LogP contribution in [-0.4, -0.2) is 99.2 Å². The van der Waals surface area contributed by atoms with Crippen molar-refractivity contribution < 1.29 is 48.8 Å². The van der Waals surface area contributed by atoms with E-state index in [9.17, 15) is 29.7 Å². The average molecular weight is 765 g/mol. The summed E-state index contributed by atoms with van der Waals surface area (Å²) in [6.45, 7) is 6.60. The van der Waals surface area contributed by atoms with Gasteiger partial charge in [0.05, 0.1) is 19.5 Å². The number of methoxy groups -OCH3 is 2. The smallest absolute Gasteiger partial charge is 0.331 e. The van der Waals surface area contributed by atoms with Crippen molar-refractivity contribution >= 4 is 45.4 Å². The number of allylic oxidation sites excluding steroid dienone is 2. The molecule has 3 N–H and O–H groups in total. The van der Waals surface area contributed by atoms with Gasteiger partial charge in [-0.3, -0.25) is 14.4 Å². The summed E-state index contributed by atoms with van der Waals surface area (Å²) in [7, 11) is 6.46. The van der Waals surface area contributed by atoms with Crippen LogP contribution in [0.3, 0.4) is 0 Å². The monoisotopic (exact) mass is 764 g/mol. The number of hydroxylamine groups is 2. The summed E-state index contributed by atoms with van der Waals surface area (Å²) >= 11 is 0. The van der Waals surface area contributed by atoms with E-state index in [1.165, 1.54) is 55.5 Å². The first-order chi connectivity index (χ1) is 25.2. The second kappa shape index (κ2) is 14.0. The molecule has 2 aromatic rings. The molecule has 2 amide bonds. The number of phenols is 1. The molecule has 6 aliphatic rings. The molecule has 53 heavy (non-hydrogen) atoms. The number of carbonyl (C=O) groups excluding carboxylic acids is 3. The van der Waals surface area contributed by atoms with E-state index >= 15 is 0 Å². The molecule has 4 heterocycles. The van der Waals surface area contributed by atoms with Gasteiger partial charge in [0.2, 0.25) is 10.6 Å². The summed E-state index contributed by atoms with van der Waals surface area (Å²) in [5.74, 6) is -0.731. The summed E-state index contributed by atoms with van der Waals surface area (Å²) in [5.41, 5.74) is 3.20. The van der Waals surface area contributed by atoms with Gasteiger partial charge in [-0.15, -0.1) is 0 Å². The zero-order chi connectivity index (χ0) is 38.0. The molecule has 2 aliphatic carbocycles. The lowest BCUT2D eigenvalue weighted by Gasteiger charge is -2.57. The number of aliphatic hydroxyl groups excluding tert-OH is 1. The molecule has 4 aliphatic heterocycles. The number of aliphatic hydroxyl groups is 2. The van der Waals surface area contributed by atoms with Crippen LogP contribution in [0.25, 0.3) is 6.08 Å². The maximum atomic E-state index is 14.3. The highest BCUT2D eigenvalue weighted by Gasteiger charge is 2.71. The molecule has 14 heteroatoms. The number of aromatic hydroxyl groups is 1. The van der Waals surface area contributed by atoms with Crippen molar-refractivity contribution in [3.8, 4) is 17.2 Å². The number of aryl methyl sites for hydroxylation is 1. The molecule has 2 bridgehead atoms. The summed E-state index contributed by atoms with van der Waals surface area (Å²) in [4.78, 5) is 47.3. The average Bonchev–Trinajstić information content (AvgIpc) is 3.30. The third-order valence-electron chi connectivity index (χ3n) is 11.1. The van der Waals surface area contributed by atoms with Gasteiger partial charge in [-0.05, 0) is 66.0 Å². The van der Waals surface area contributed by atoms with E-state index in [1.54, 1.807) is 24.3 Å². The van der Waals surface area contributed by atoms with Crippen LogP contribution in [0.2, 0.25) is 0 Å². The third kappa shape index (κ3) is 6.02. The molecule has 4 saturated heterocycles. The zero-order valence-corrected chi connectivity index (χ0v) is 32.0. The minimum atomic E-state index is -2.11. The number of hydrogen-bond acceptors (Lipinski definition) is 12. The highest BCUT2D eigenvalue weighted by molar-refractivity contribution is 8.77. The van der Waals surface area contributed by atoms with Crippen LogP contribution in [0.15, 0.2) is 54.6 Å². The Labute approximate surface area is 316 Å². The first kappa shape index (κ1) is 37.4. The van der Waals surface area contributed by atoms with Crippen molar-refractivity contribution in [1.82, 2.24) is 9.96 Å². The molecular weight excluding hydrogens is 721 g/mol. The van der Waals surface area contributed by atoms with Gasteiger partial charge in [0.25, 0.3) is 11.8 Å². The molecule has 4 fully saturated rings. The summed E-state index contributed by atoms with van der Waals surface area (Å²) in [6, 6.07) is 6.42. The molecule has 0 radical (unpaired) electrons. The van der Waals surface area contributed by atoms with Crippen LogP contribution in [0.5, 0.6) is 17.2 Å². The molecule has 1 spiro atoms. The van der Waals surface area contributed by atoms with Crippen molar-refractivity contribution in [3.05, 3.63) is 82.5 Å². The number of rotatable bonds is 7. The van der Waals surface area contributed by atoms with Gasteiger partial charge in [-0.2, -0.15) is 5.06 Å². The second-order valence-corrected chi connectivity index (χ2v) is 17.2. The van der Waals surface area contributed by atoms with Gasteiger partial charge in [-0.25, -0.2) is 4.79 Å². The predicted molar refractivity (Wildman–Crippen MR) is 200 cm³/mol. The van der Waals surface area contributed by atoms with Crippen LogP contribution in [0, 0.1) is 12.8 Å². The molecule has 0 unspecified atom stereocenters. The van der Waals surface area contributed by atoms with Gasteiger partial charge < -0.3 is 34.4 Å². The van der Waals surface area contributed by atoms with Gasteiger partial charge in [0.1, 0.15) is 23.9 Å². The lowest BCUT2D eigenvalue weighted by Crippen LogP contribution is -2.78. The predicted octanol–water partition coefficient (Wildman–Crippen LogP) is 4.75. The number of hydrogen-bond donors (Lipinski definition) is 3. The van der Waals surface area contributed by atoms with Crippen LogP contribution >= 0.6 is 21.6 Å². The number of piperazine rings is 1. The number of ether oxygens (including phenoxy) is 3. The summed E-state index contributed by atoms with van der Waals surface area (Å²) in [6.07, 6.45) is 6.90.